The fraction of sp³-hybridized carbons (Fsp3) is 0.583. The van der Waals surface area contributed by atoms with E-state index in [0.29, 0.717) is 13.2 Å². The summed E-state index contributed by atoms with van der Waals surface area (Å²) in [6.07, 6.45) is 3.87. The molecule has 1 aliphatic rings. The first-order valence-corrected chi connectivity index (χ1v) is 5.65. The van der Waals surface area contributed by atoms with Crippen LogP contribution in [0.4, 0.5) is 0 Å². The highest BCUT2D eigenvalue weighted by atomic mass is 16.5. The predicted octanol–water partition coefficient (Wildman–Crippen LogP) is 0.895. The largest absolute Gasteiger partial charge is 0.374 e. The van der Waals surface area contributed by atoms with Crippen LogP contribution in [0.2, 0.25) is 0 Å². The van der Waals surface area contributed by atoms with Gasteiger partial charge < -0.3 is 14.8 Å². The zero-order valence-corrected chi connectivity index (χ0v) is 9.61. The standard InChI is InChI=1S/C12H18N2O2/c1-10-4-11(6-14-5-10)8-15-9-12-7-13-2-3-16-12/h4-6,12-13H,2-3,7-9H2,1H3. The van der Waals surface area contributed by atoms with Crippen molar-refractivity contribution in [2.24, 2.45) is 0 Å². The molecule has 0 saturated carbocycles. The van der Waals surface area contributed by atoms with E-state index in [-0.39, 0.29) is 6.10 Å². The molecule has 0 amide bonds. The van der Waals surface area contributed by atoms with Gasteiger partial charge in [0.25, 0.3) is 0 Å². The molecule has 0 radical (unpaired) electrons. The van der Waals surface area contributed by atoms with E-state index in [9.17, 15) is 0 Å². The number of morpholine rings is 1. The Hall–Kier alpha value is -0.970. The number of ether oxygens (including phenoxy) is 2. The van der Waals surface area contributed by atoms with Gasteiger partial charge >= 0.3 is 0 Å². The summed E-state index contributed by atoms with van der Waals surface area (Å²) in [5.41, 5.74) is 2.28. The molecule has 2 heterocycles. The van der Waals surface area contributed by atoms with E-state index in [2.05, 4.69) is 16.4 Å². The summed E-state index contributed by atoms with van der Waals surface area (Å²) < 4.78 is 11.1. The monoisotopic (exact) mass is 222 g/mol. The lowest BCUT2D eigenvalue weighted by molar-refractivity contribution is -0.0358. The van der Waals surface area contributed by atoms with E-state index >= 15 is 0 Å². The smallest absolute Gasteiger partial charge is 0.0933 e. The van der Waals surface area contributed by atoms with E-state index in [0.717, 1.165) is 30.8 Å². The van der Waals surface area contributed by atoms with Crippen molar-refractivity contribution < 1.29 is 9.47 Å². The first kappa shape index (κ1) is 11.5. The molecule has 0 spiro atoms. The molecule has 0 aliphatic carbocycles. The molecular formula is C12H18N2O2. The molecule has 1 unspecified atom stereocenters. The average Bonchev–Trinajstić information content (AvgIpc) is 2.30. The fourth-order valence-electron chi connectivity index (χ4n) is 1.73. The van der Waals surface area contributed by atoms with Gasteiger partial charge in [-0.1, -0.05) is 6.07 Å². The maximum absolute atomic E-state index is 5.61. The summed E-state index contributed by atoms with van der Waals surface area (Å²) in [5.74, 6) is 0. The lowest BCUT2D eigenvalue weighted by Gasteiger charge is -2.23. The maximum atomic E-state index is 5.61. The number of pyridine rings is 1. The van der Waals surface area contributed by atoms with E-state index in [1.54, 1.807) is 0 Å². The molecule has 0 bridgehead atoms. The van der Waals surface area contributed by atoms with Crippen molar-refractivity contribution in [2.75, 3.05) is 26.3 Å². The number of nitrogens with one attached hydrogen (secondary N) is 1. The SMILES string of the molecule is Cc1cncc(COCC2CNCCO2)c1. The number of nitrogens with zero attached hydrogens (tertiary/aromatic N) is 1. The quantitative estimate of drug-likeness (QED) is 0.822. The van der Waals surface area contributed by atoms with Crippen molar-refractivity contribution in [3.05, 3.63) is 29.6 Å². The Labute approximate surface area is 96.0 Å². The fourth-order valence-corrected chi connectivity index (χ4v) is 1.73. The van der Waals surface area contributed by atoms with Crippen LogP contribution in [0.1, 0.15) is 11.1 Å². The van der Waals surface area contributed by atoms with Gasteiger partial charge in [-0.3, -0.25) is 4.98 Å². The molecule has 1 fully saturated rings. The van der Waals surface area contributed by atoms with Gasteiger partial charge in [-0.05, 0) is 18.1 Å². The van der Waals surface area contributed by atoms with Crippen molar-refractivity contribution in [3.63, 3.8) is 0 Å². The van der Waals surface area contributed by atoms with E-state index in [1.807, 2.05) is 19.3 Å². The summed E-state index contributed by atoms with van der Waals surface area (Å²) in [7, 11) is 0. The first-order chi connectivity index (χ1) is 7.84. The Balaban J connectivity index is 1.71. The molecule has 1 aliphatic heterocycles. The second kappa shape index (κ2) is 5.94. The van der Waals surface area contributed by atoms with Crippen LogP contribution in [0.3, 0.4) is 0 Å². The number of aryl methyl sites for hydroxylation is 1. The van der Waals surface area contributed by atoms with Crippen LogP contribution in [-0.2, 0) is 16.1 Å². The van der Waals surface area contributed by atoms with Crippen LogP contribution >= 0.6 is 0 Å². The second-order valence-corrected chi connectivity index (χ2v) is 4.08. The van der Waals surface area contributed by atoms with Crippen LogP contribution in [0.25, 0.3) is 0 Å². The average molecular weight is 222 g/mol. The van der Waals surface area contributed by atoms with Gasteiger partial charge in [0.2, 0.25) is 0 Å². The minimum Gasteiger partial charge on any atom is -0.374 e. The van der Waals surface area contributed by atoms with Crippen molar-refractivity contribution in [2.45, 2.75) is 19.6 Å². The molecule has 16 heavy (non-hydrogen) atoms. The third-order valence-electron chi connectivity index (χ3n) is 2.51. The molecular weight excluding hydrogens is 204 g/mol. The van der Waals surface area contributed by atoms with Crippen molar-refractivity contribution in [1.29, 1.82) is 0 Å². The summed E-state index contributed by atoms with van der Waals surface area (Å²) in [6.45, 7) is 5.88. The van der Waals surface area contributed by atoms with Gasteiger partial charge in [0.1, 0.15) is 0 Å². The van der Waals surface area contributed by atoms with E-state index < -0.39 is 0 Å². The molecule has 4 nitrogen and oxygen atoms in total. The van der Waals surface area contributed by atoms with Gasteiger partial charge in [0.05, 0.1) is 25.9 Å². The highest BCUT2D eigenvalue weighted by Crippen LogP contribution is 2.04. The third kappa shape index (κ3) is 3.56. The minimum atomic E-state index is 0.187. The topological polar surface area (TPSA) is 43.4 Å². The molecule has 1 atom stereocenters. The third-order valence-corrected chi connectivity index (χ3v) is 2.51. The number of hydrogen-bond donors (Lipinski definition) is 1. The van der Waals surface area contributed by atoms with E-state index in [1.165, 1.54) is 0 Å². The lowest BCUT2D eigenvalue weighted by atomic mass is 10.2. The maximum Gasteiger partial charge on any atom is 0.0933 e. The van der Waals surface area contributed by atoms with Crippen LogP contribution in [0.15, 0.2) is 18.5 Å². The van der Waals surface area contributed by atoms with Crippen molar-refractivity contribution >= 4 is 0 Å². The summed E-state index contributed by atoms with van der Waals surface area (Å²) >= 11 is 0. The van der Waals surface area contributed by atoms with Crippen LogP contribution < -0.4 is 5.32 Å². The Morgan fingerprint density at radius 3 is 3.25 bits per heavy atom. The molecule has 1 N–H and O–H groups in total. The van der Waals surface area contributed by atoms with Gasteiger partial charge in [-0.25, -0.2) is 0 Å². The molecule has 0 aromatic carbocycles. The highest BCUT2D eigenvalue weighted by Gasteiger charge is 2.12. The minimum absolute atomic E-state index is 0.187. The zero-order valence-electron chi connectivity index (χ0n) is 9.61. The van der Waals surface area contributed by atoms with Gasteiger partial charge in [0, 0.05) is 25.5 Å². The van der Waals surface area contributed by atoms with Gasteiger partial charge in [0.15, 0.2) is 0 Å². The molecule has 1 aromatic heterocycles. The highest BCUT2D eigenvalue weighted by molar-refractivity contribution is 5.15. The Kier molecular flexibility index (Phi) is 4.27. The molecule has 88 valence electrons. The summed E-state index contributed by atoms with van der Waals surface area (Å²) in [4.78, 5) is 4.13. The van der Waals surface area contributed by atoms with Crippen molar-refractivity contribution in [1.82, 2.24) is 10.3 Å². The van der Waals surface area contributed by atoms with Crippen molar-refractivity contribution in [3.8, 4) is 0 Å². The zero-order chi connectivity index (χ0) is 11.2. The molecule has 4 heteroatoms. The summed E-state index contributed by atoms with van der Waals surface area (Å²) in [5, 5.41) is 3.28. The molecule has 1 saturated heterocycles. The predicted molar refractivity (Wildman–Crippen MR) is 61.2 cm³/mol. The lowest BCUT2D eigenvalue weighted by Crippen LogP contribution is -2.40. The summed E-state index contributed by atoms with van der Waals surface area (Å²) in [6, 6.07) is 2.09. The van der Waals surface area contributed by atoms with Crippen LogP contribution in [-0.4, -0.2) is 37.4 Å². The normalized spacial score (nSPS) is 20.9. The van der Waals surface area contributed by atoms with Gasteiger partial charge in [-0.15, -0.1) is 0 Å². The molecule has 2 rings (SSSR count). The number of aromatic nitrogens is 1. The van der Waals surface area contributed by atoms with Crippen LogP contribution in [0.5, 0.6) is 0 Å². The number of rotatable bonds is 4. The van der Waals surface area contributed by atoms with E-state index in [4.69, 9.17) is 9.47 Å². The van der Waals surface area contributed by atoms with Crippen LogP contribution in [0, 0.1) is 6.92 Å². The second-order valence-electron chi connectivity index (χ2n) is 4.08. The Morgan fingerprint density at radius 1 is 1.56 bits per heavy atom. The Bertz CT molecular complexity index is 325. The Morgan fingerprint density at radius 2 is 2.50 bits per heavy atom. The number of hydrogen-bond acceptors (Lipinski definition) is 4. The van der Waals surface area contributed by atoms with Gasteiger partial charge in [-0.2, -0.15) is 0 Å². The first-order valence-electron chi connectivity index (χ1n) is 5.65. The molecule has 1 aromatic rings.